The third kappa shape index (κ3) is 8.12. The Bertz CT molecular complexity index is 1730. The van der Waals surface area contributed by atoms with Crippen LogP contribution in [0.25, 0.3) is 11.4 Å². The number of ether oxygens (including phenoxy) is 1. The van der Waals surface area contributed by atoms with Crippen molar-refractivity contribution in [3.05, 3.63) is 88.1 Å². The van der Waals surface area contributed by atoms with Crippen LogP contribution in [0.2, 0.25) is 20.1 Å². The van der Waals surface area contributed by atoms with Crippen LogP contribution in [0.15, 0.2) is 36.7 Å². The molecule has 0 spiro atoms. The second-order valence-corrected chi connectivity index (χ2v) is 9.64. The number of nitrogens with zero attached hydrogens (tertiary/aromatic N) is 6. The summed E-state index contributed by atoms with van der Waals surface area (Å²) >= 11 is 22.9. The molecule has 1 N–H and O–H groups in total. The summed E-state index contributed by atoms with van der Waals surface area (Å²) in [7, 11) is 0. The molecule has 4 rings (SSSR count). The summed E-state index contributed by atoms with van der Waals surface area (Å²) < 4.78 is 106. The topological polar surface area (TPSA) is 151 Å². The van der Waals surface area contributed by atoms with Crippen LogP contribution in [0.5, 0.6) is 11.5 Å². The van der Waals surface area contributed by atoms with Gasteiger partial charge in [0, 0.05) is 0 Å². The number of aromatic hydroxyl groups is 1. The van der Waals surface area contributed by atoms with Gasteiger partial charge >= 0.3 is 30.6 Å². The fraction of sp³-hybridized carbons (Fsp3) is 0.143. The molecule has 0 fully saturated rings. The Morgan fingerprint density at radius 1 is 0.733 bits per heavy atom. The lowest BCUT2D eigenvalue weighted by Crippen LogP contribution is -2.07. The number of benzene rings is 2. The number of halogens is 12. The summed E-state index contributed by atoms with van der Waals surface area (Å²) in [6, 6.07) is 2.24. The number of aromatic nitrogens is 4. The van der Waals surface area contributed by atoms with E-state index in [0.717, 1.165) is 10.9 Å². The first-order valence-electron chi connectivity index (χ1n) is 10.9. The molecule has 2 aromatic heterocycles. The number of alkyl halides is 8. The highest BCUT2D eigenvalue weighted by Gasteiger charge is 2.35. The number of nitro groups is 2. The van der Waals surface area contributed by atoms with Gasteiger partial charge in [-0.15, -0.1) is 9.36 Å². The van der Waals surface area contributed by atoms with E-state index in [-0.39, 0.29) is 11.4 Å². The van der Waals surface area contributed by atoms with Gasteiger partial charge in [0.1, 0.15) is 23.8 Å². The molecule has 2 heterocycles. The predicted octanol–water partition coefficient (Wildman–Crippen LogP) is 8.52. The van der Waals surface area contributed by atoms with Crippen LogP contribution in [0.4, 0.5) is 46.8 Å². The van der Waals surface area contributed by atoms with Crippen LogP contribution in [0.1, 0.15) is 11.1 Å². The van der Waals surface area contributed by atoms with Gasteiger partial charge < -0.3 is 30.1 Å². The molecule has 0 saturated carbocycles. The van der Waals surface area contributed by atoms with E-state index >= 15 is 0 Å². The van der Waals surface area contributed by atoms with Gasteiger partial charge in [0.25, 0.3) is 0 Å². The van der Waals surface area contributed by atoms with Gasteiger partial charge in [-0.1, -0.05) is 46.4 Å². The zero-order valence-electron chi connectivity index (χ0n) is 20.7. The minimum Gasteiger partial charge on any atom is -0.500 e. The van der Waals surface area contributed by atoms with Crippen LogP contribution >= 0.6 is 46.4 Å². The Morgan fingerprint density at radius 3 is 1.40 bits per heavy atom. The van der Waals surface area contributed by atoms with Crippen molar-refractivity contribution >= 4 is 58.0 Å². The average Bonchev–Trinajstić information content (AvgIpc) is 3.45. The quantitative estimate of drug-likeness (QED) is 0.118. The molecular weight excluding hydrogens is 726 g/mol. The van der Waals surface area contributed by atoms with Crippen molar-refractivity contribution < 1.29 is 54.8 Å². The maximum Gasteiger partial charge on any atom is 0.432 e. The number of hydrogen-bond donors (Lipinski definition) is 1. The van der Waals surface area contributed by atoms with Gasteiger partial charge in [-0.05, 0) is 34.1 Å². The average molecular weight is 734 g/mol. The SMILES string of the molecule is O=[N+]([O-])c1nn(-c2c(Cl)cc(C(F)(F)F)cc2Cl)cc1O.O=[N+]([O-])c1nn(-c2c(Cl)cc(C(F)(F)F)cc2Cl)cc1OC(F)F. The molecule has 242 valence electrons. The van der Waals surface area contributed by atoms with Gasteiger partial charge in [0.2, 0.25) is 11.5 Å². The van der Waals surface area contributed by atoms with Gasteiger partial charge in [-0.25, -0.2) is 0 Å². The molecule has 0 amide bonds. The van der Waals surface area contributed by atoms with E-state index in [1.807, 2.05) is 0 Å². The van der Waals surface area contributed by atoms with E-state index < -0.39 is 83.2 Å². The van der Waals surface area contributed by atoms with Gasteiger partial charge in [-0.2, -0.15) is 35.1 Å². The van der Waals surface area contributed by atoms with E-state index in [2.05, 4.69) is 14.9 Å². The minimum atomic E-state index is -4.73. The first-order valence-corrected chi connectivity index (χ1v) is 12.4. The van der Waals surface area contributed by atoms with E-state index in [1.165, 1.54) is 0 Å². The van der Waals surface area contributed by atoms with E-state index in [0.29, 0.717) is 35.1 Å². The van der Waals surface area contributed by atoms with E-state index in [9.17, 15) is 60.5 Å². The maximum absolute atomic E-state index is 12.7. The van der Waals surface area contributed by atoms with Crippen LogP contribution in [0.3, 0.4) is 0 Å². The Balaban J connectivity index is 0.000000248. The molecule has 45 heavy (non-hydrogen) atoms. The molecule has 12 nitrogen and oxygen atoms in total. The van der Waals surface area contributed by atoms with Gasteiger partial charge in [0.05, 0.1) is 41.4 Å². The van der Waals surface area contributed by atoms with Crippen molar-refractivity contribution in [1.82, 2.24) is 19.6 Å². The summed E-state index contributed by atoms with van der Waals surface area (Å²) in [5.41, 5.74) is -2.81. The van der Waals surface area contributed by atoms with Gasteiger partial charge in [0.15, 0.2) is 0 Å². The molecule has 0 bridgehead atoms. The van der Waals surface area contributed by atoms with Crippen LogP contribution < -0.4 is 4.74 Å². The highest BCUT2D eigenvalue weighted by molar-refractivity contribution is 6.38. The van der Waals surface area contributed by atoms with Crippen molar-refractivity contribution in [1.29, 1.82) is 0 Å². The number of rotatable bonds is 6. The first-order chi connectivity index (χ1) is 20.6. The highest BCUT2D eigenvalue weighted by Crippen LogP contribution is 2.40. The molecule has 0 radical (unpaired) electrons. The lowest BCUT2D eigenvalue weighted by molar-refractivity contribution is -0.391. The normalized spacial score (nSPS) is 11.8. The zero-order chi connectivity index (χ0) is 34.2. The second kappa shape index (κ2) is 13.1. The third-order valence-electron chi connectivity index (χ3n) is 5.05. The lowest BCUT2D eigenvalue weighted by atomic mass is 10.2. The van der Waals surface area contributed by atoms with Crippen LogP contribution in [0, 0.1) is 20.2 Å². The summed E-state index contributed by atoms with van der Waals surface area (Å²) in [5.74, 6) is -3.63. The Kier molecular flexibility index (Phi) is 10.3. The summed E-state index contributed by atoms with van der Waals surface area (Å²) in [4.78, 5) is 19.3. The Hall–Kier alpha value is -4.14. The fourth-order valence-corrected chi connectivity index (χ4v) is 4.59. The monoisotopic (exact) mass is 732 g/mol. The third-order valence-corrected chi connectivity index (χ3v) is 6.20. The van der Waals surface area contributed by atoms with Crippen molar-refractivity contribution in [2.45, 2.75) is 19.0 Å². The van der Waals surface area contributed by atoms with E-state index in [4.69, 9.17) is 46.4 Å². The van der Waals surface area contributed by atoms with Crippen LogP contribution in [-0.4, -0.2) is 41.1 Å². The fourth-order valence-electron chi connectivity index (χ4n) is 3.27. The van der Waals surface area contributed by atoms with Crippen LogP contribution in [-0.2, 0) is 12.4 Å². The maximum atomic E-state index is 12.7. The molecule has 2 aromatic carbocycles. The van der Waals surface area contributed by atoms with Crippen molar-refractivity contribution in [3.8, 4) is 22.9 Å². The lowest BCUT2D eigenvalue weighted by Gasteiger charge is -2.10. The standard InChI is InChI=1S/C11H4Cl2F5N3O3.C10H4Cl2F3N3O3/c12-5-1-4(11(16,17)18)2-6(13)8(5)20-3-7(24-10(14)15)9(19-20)21(22)23;11-5-1-4(10(13,14)15)2-6(12)8(5)17-3-7(19)9(16-17)18(20)21/h1-3,10H;1-3,19H. The largest absolute Gasteiger partial charge is 0.500 e. The molecule has 24 heteroatoms. The second-order valence-electron chi connectivity index (χ2n) is 8.01. The summed E-state index contributed by atoms with van der Waals surface area (Å²) in [5, 5.41) is 35.5. The zero-order valence-corrected chi connectivity index (χ0v) is 23.8. The molecule has 0 unspecified atom stereocenters. The molecule has 0 atom stereocenters. The minimum absolute atomic E-state index is 0.213. The number of hydrogen-bond acceptors (Lipinski definition) is 8. The molecule has 0 saturated heterocycles. The van der Waals surface area contributed by atoms with Crippen molar-refractivity contribution in [2.24, 2.45) is 0 Å². The molecule has 0 aliphatic rings. The van der Waals surface area contributed by atoms with Gasteiger partial charge in [-0.3, -0.25) is 0 Å². The highest BCUT2D eigenvalue weighted by atomic mass is 35.5. The van der Waals surface area contributed by atoms with Crippen molar-refractivity contribution in [3.63, 3.8) is 0 Å². The predicted molar refractivity (Wildman–Crippen MR) is 139 cm³/mol. The first kappa shape index (κ1) is 35.3. The smallest absolute Gasteiger partial charge is 0.432 e. The molecule has 4 aromatic rings. The Morgan fingerprint density at radius 2 is 1.09 bits per heavy atom. The molecule has 0 aliphatic heterocycles. The van der Waals surface area contributed by atoms with E-state index in [1.54, 1.807) is 0 Å². The summed E-state index contributed by atoms with van der Waals surface area (Å²) in [6.07, 6.45) is -7.90. The Labute approximate surface area is 262 Å². The molecular formula is C21H8Cl4F8N6O6. The molecule has 0 aliphatic carbocycles. The summed E-state index contributed by atoms with van der Waals surface area (Å²) in [6.45, 7) is -3.38. The van der Waals surface area contributed by atoms with Crippen molar-refractivity contribution in [2.75, 3.05) is 0 Å².